The topological polar surface area (TPSA) is 106 Å². The maximum atomic E-state index is 13.0. The van der Waals surface area contributed by atoms with Gasteiger partial charge in [0.15, 0.2) is 6.10 Å². The van der Waals surface area contributed by atoms with Crippen molar-refractivity contribution in [2.75, 3.05) is 11.9 Å². The van der Waals surface area contributed by atoms with Crippen molar-refractivity contribution < 1.29 is 23.9 Å². The van der Waals surface area contributed by atoms with E-state index in [1.165, 1.54) is 16.9 Å². The molecule has 9 heteroatoms. The maximum Gasteiger partial charge on any atom is 0.341 e. The first-order chi connectivity index (χ1) is 19.3. The molecule has 210 valence electrons. The van der Waals surface area contributed by atoms with Crippen LogP contribution < -0.4 is 15.5 Å². The van der Waals surface area contributed by atoms with Crippen LogP contribution in [0.15, 0.2) is 53.6 Å². The number of carbonyl (C=O) groups excluding carboxylic acids is 3. The minimum absolute atomic E-state index is 0.271. The van der Waals surface area contributed by atoms with Gasteiger partial charge in [-0.2, -0.15) is 5.10 Å². The first-order valence-electron chi connectivity index (χ1n) is 13.6. The van der Waals surface area contributed by atoms with E-state index in [-0.39, 0.29) is 12.5 Å². The van der Waals surface area contributed by atoms with Crippen molar-refractivity contribution in [2.24, 2.45) is 5.10 Å². The lowest BCUT2D eigenvalue weighted by Crippen LogP contribution is -2.33. The zero-order chi connectivity index (χ0) is 28.6. The fraction of sp³-hybridized carbons (Fsp3) is 0.355. The van der Waals surface area contributed by atoms with Crippen LogP contribution in [0.5, 0.6) is 5.75 Å². The van der Waals surface area contributed by atoms with Crippen molar-refractivity contribution >= 4 is 40.3 Å². The third-order valence-corrected chi connectivity index (χ3v) is 7.88. The van der Waals surface area contributed by atoms with E-state index in [1.54, 1.807) is 44.3 Å². The lowest BCUT2D eigenvalue weighted by molar-refractivity contribution is -0.127. The third-order valence-electron chi connectivity index (χ3n) is 6.67. The number of rotatable bonds is 10. The highest BCUT2D eigenvalue weighted by atomic mass is 32.1. The van der Waals surface area contributed by atoms with Crippen molar-refractivity contribution in [3.8, 4) is 5.75 Å². The van der Waals surface area contributed by atoms with Gasteiger partial charge in [0, 0.05) is 10.4 Å². The summed E-state index contributed by atoms with van der Waals surface area (Å²) in [5, 5.41) is 7.45. The molecule has 1 aliphatic rings. The van der Waals surface area contributed by atoms with Crippen molar-refractivity contribution in [1.82, 2.24) is 5.43 Å². The Morgan fingerprint density at radius 2 is 1.70 bits per heavy atom. The van der Waals surface area contributed by atoms with Crippen LogP contribution in [0.3, 0.4) is 0 Å². The van der Waals surface area contributed by atoms with Gasteiger partial charge in [0.05, 0.1) is 18.4 Å². The Balaban J connectivity index is 1.34. The molecule has 0 fully saturated rings. The summed E-state index contributed by atoms with van der Waals surface area (Å²) in [4.78, 5) is 39.2. The lowest BCUT2D eigenvalue weighted by Gasteiger charge is -2.13. The summed E-state index contributed by atoms with van der Waals surface area (Å²) in [6.45, 7) is 7.92. The summed E-state index contributed by atoms with van der Waals surface area (Å²) >= 11 is 1.45. The van der Waals surface area contributed by atoms with Crippen molar-refractivity contribution in [3.63, 3.8) is 0 Å². The number of carbonyl (C=O) groups is 3. The number of benzene rings is 2. The van der Waals surface area contributed by atoms with Crippen LogP contribution >= 0.6 is 11.3 Å². The molecular formula is C31H35N3O5S. The number of nitrogens with one attached hydrogen (secondary N) is 2. The fourth-order valence-corrected chi connectivity index (χ4v) is 5.69. The molecule has 0 radical (unpaired) electrons. The number of hydrogen-bond donors (Lipinski definition) is 2. The molecule has 4 rings (SSSR count). The van der Waals surface area contributed by atoms with Crippen LogP contribution in [-0.2, 0) is 22.4 Å². The second-order valence-electron chi connectivity index (χ2n) is 9.93. The Labute approximate surface area is 238 Å². The summed E-state index contributed by atoms with van der Waals surface area (Å²) < 4.78 is 11.0. The van der Waals surface area contributed by atoms with Crippen LogP contribution in [0.4, 0.5) is 5.00 Å². The van der Waals surface area contributed by atoms with Gasteiger partial charge in [0.25, 0.3) is 11.8 Å². The quantitative estimate of drug-likeness (QED) is 0.177. The van der Waals surface area contributed by atoms with E-state index in [0.29, 0.717) is 27.8 Å². The van der Waals surface area contributed by atoms with Gasteiger partial charge >= 0.3 is 5.97 Å². The summed E-state index contributed by atoms with van der Waals surface area (Å²) in [5.74, 6) is -0.252. The third kappa shape index (κ3) is 7.15. The van der Waals surface area contributed by atoms with E-state index in [1.807, 2.05) is 24.3 Å². The van der Waals surface area contributed by atoms with Gasteiger partial charge in [-0.25, -0.2) is 10.2 Å². The highest BCUT2D eigenvalue weighted by Gasteiger charge is 2.27. The highest BCUT2D eigenvalue weighted by Crippen LogP contribution is 2.38. The second kappa shape index (κ2) is 13.4. The number of amides is 2. The Morgan fingerprint density at radius 1 is 1.00 bits per heavy atom. The van der Waals surface area contributed by atoms with E-state index in [2.05, 4.69) is 29.7 Å². The van der Waals surface area contributed by atoms with Gasteiger partial charge in [-0.3, -0.25) is 9.59 Å². The van der Waals surface area contributed by atoms with Crippen molar-refractivity contribution in [2.45, 2.75) is 65.4 Å². The number of esters is 1. The zero-order valence-electron chi connectivity index (χ0n) is 23.3. The molecule has 1 aliphatic carbocycles. The summed E-state index contributed by atoms with van der Waals surface area (Å²) in [5.41, 5.74) is 6.48. The maximum absolute atomic E-state index is 13.0. The smallest absolute Gasteiger partial charge is 0.341 e. The van der Waals surface area contributed by atoms with Crippen LogP contribution in [0.25, 0.3) is 0 Å². The van der Waals surface area contributed by atoms with E-state index in [4.69, 9.17) is 9.47 Å². The largest absolute Gasteiger partial charge is 0.481 e. The van der Waals surface area contributed by atoms with Crippen LogP contribution in [0.2, 0.25) is 0 Å². The Hall–Kier alpha value is -3.98. The standard InChI is InChI=1S/C31H35N3O5S/c1-5-38-31(37)27-25-8-6-7-9-26(25)40-30(27)33-29(36)23-14-16-24(17-15-23)39-20(4)28(35)34-32-18-21-10-12-22(13-11-21)19(2)3/h10-20H,5-9H2,1-4H3,(H,33,36)(H,34,35)/b32-18+. The Bertz CT molecular complexity index is 1380. The molecule has 2 amide bonds. The predicted molar refractivity (Wildman–Crippen MR) is 158 cm³/mol. The molecule has 1 heterocycles. The normalized spacial score (nSPS) is 13.5. The number of anilines is 1. The number of nitrogens with zero attached hydrogens (tertiary/aromatic N) is 1. The molecular weight excluding hydrogens is 526 g/mol. The van der Waals surface area contributed by atoms with Gasteiger partial charge in [-0.05, 0) is 86.4 Å². The van der Waals surface area contributed by atoms with Gasteiger partial charge in [-0.15, -0.1) is 11.3 Å². The average molecular weight is 562 g/mol. The Kier molecular flexibility index (Phi) is 9.71. The van der Waals surface area contributed by atoms with E-state index in [0.717, 1.165) is 41.7 Å². The SMILES string of the molecule is CCOC(=O)c1c(NC(=O)c2ccc(OC(C)C(=O)N/N=C/c3ccc(C(C)C)cc3)cc2)sc2c1CCCC2. The number of hydrogen-bond acceptors (Lipinski definition) is 7. The molecule has 40 heavy (non-hydrogen) atoms. The Morgan fingerprint density at radius 3 is 2.38 bits per heavy atom. The van der Waals surface area contributed by atoms with Crippen LogP contribution in [-0.4, -0.2) is 36.7 Å². The molecule has 0 bridgehead atoms. The molecule has 3 aromatic rings. The minimum Gasteiger partial charge on any atom is -0.481 e. The average Bonchev–Trinajstić information content (AvgIpc) is 3.31. The fourth-order valence-electron chi connectivity index (χ4n) is 4.42. The van der Waals surface area contributed by atoms with Crippen LogP contribution in [0, 0.1) is 0 Å². The molecule has 0 saturated heterocycles. The number of ether oxygens (including phenoxy) is 2. The molecule has 1 atom stereocenters. The number of aryl methyl sites for hydroxylation is 1. The highest BCUT2D eigenvalue weighted by molar-refractivity contribution is 7.17. The first-order valence-corrected chi connectivity index (χ1v) is 14.4. The van der Waals surface area contributed by atoms with E-state index >= 15 is 0 Å². The second-order valence-corrected chi connectivity index (χ2v) is 11.0. The molecule has 0 spiro atoms. The van der Waals surface area contributed by atoms with Gasteiger partial charge in [0.1, 0.15) is 10.8 Å². The monoisotopic (exact) mass is 561 g/mol. The van der Waals surface area contributed by atoms with Crippen molar-refractivity contribution in [3.05, 3.63) is 81.2 Å². The lowest BCUT2D eigenvalue weighted by atomic mass is 9.95. The van der Waals surface area contributed by atoms with E-state index < -0.39 is 18.0 Å². The van der Waals surface area contributed by atoms with Gasteiger partial charge in [-0.1, -0.05) is 38.1 Å². The zero-order valence-corrected chi connectivity index (χ0v) is 24.1. The van der Waals surface area contributed by atoms with E-state index in [9.17, 15) is 14.4 Å². The number of thiophene rings is 1. The molecule has 0 aliphatic heterocycles. The summed E-state index contributed by atoms with van der Waals surface area (Å²) in [6, 6.07) is 14.5. The molecule has 8 nitrogen and oxygen atoms in total. The molecule has 2 N–H and O–H groups in total. The van der Waals surface area contributed by atoms with Gasteiger partial charge < -0.3 is 14.8 Å². The minimum atomic E-state index is -0.801. The molecule has 0 saturated carbocycles. The number of hydrazone groups is 1. The first kappa shape index (κ1) is 29.0. The molecule has 2 aromatic carbocycles. The van der Waals surface area contributed by atoms with Crippen LogP contribution in [0.1, 0.15) is 88.7 Å². The van der Waals surface area contributed by atoms with Crippen molar-refractivity contribution in [1.29, 1.82) is 0 Å². The molecule has 1 aromatic heterocycles. The number of fused-ring (bicyclic) bond motifs is 1. The van der Waals surface area contributed by atoms with Gasteiger partial charge in [0.2, 0.25) is 0 Å². The summed E-state index contributed by atoms with van der Waals surface area (Å²) in [6.07, 6.45) is 4.57. The summed E-state index contributed by atoms with van der Waals surface area (Å²) in [7, 11) is 0. The predicted octanol–water partition coefficient (Wildman–Crippen LogP) is 6.10. The molecule has 1 unspecified atom stereocenters.